The fourth-order valence-corrected chi connectivity index (χ4v) is 1.77. The molecular weight excluding hydrogens is 258 g/mol. The van der Waals surface area contributed by atoms with Crippen LogP contribution in [0.3, 0.4) is 0 Å². The van der Waals surface area contributed by atoms with Crippen LogP contribution in [0.4, 0.5) is 0 Å². The molecule has 0 atom stereocenters. The molecule has 2 aromatic rings. The zero-order chi connectivity index (χ0) is 14.4. The summed E-state index contributed by atoms with van der Waals surface area (Å²) in [4.78, 5) is 10.8. The number of ether oxygens (including phenoxy) is 1. The Morgan fingerprint density at radius 3 is 2.75 bits per heavy atom. The third kappa shape index (κ3) is 3.57. The fourth-order valence-electron chi connectivity index (χ4n) is 1.77. The molecule has 1 heterocycles. The van der Waals surface area contributed by atoms with Crippen molar-refractivity contribution in [3.8, 4) is 11.4 Å². The zero-order valence-corrected chi connectivity index (χ0v) is 11.3. The number of aliphatic carboxylic acids is 1. The molecule has 0 saturated heterocycles. The molecule has 106 valence electrons. The van der Waals surface area contributed by atoms with Gasteiger partial charge in [-0.1, -0.05) is 18.6 Å². The van der Waals surface area contributed by atoms with Gasteiger partial charge in [0.2, 0.25) is 0 Å². The first kappa shape index (κ1) is 14.0. The summed E-state index contributed by atoms with van der Waals surface area (Å²) in [5.41, 5.74) is 1.30. The number of benzene rings is 1. The van der Waals surface area contributed by atoms with E-state index in [2.05, 4.69) is 17.2 Å². The highest BCUT2D eigenvalue weighted by atomic mass is 16.5. The number of aromatic nitrogens is 3. The van der Waals surface area contributed by atoms with Gasteiger partial charge in [-0.15, -0.1) is 5.10 Å². The normalized spacial score (nSPS) is 10.4. The van der Waals surface area contributed by atoms with Crippen LogP contribution in [0.1, 0.15) is 25.5 Å². The molecule has 6 heteroatoms. The van der Waals surface area contributed by atoms with Crippen molar-refractivity contribution in [3.05, 3.63) is 36.2 Å². The van der Waals surface area contributed by atoms with Gasteiger partial charge in [0, 0.05) is 0 Å². The molecule has 20 heavy (non-hydrogen) atoms. The van der Waals surface area contributed by atoms with Crippen LogP contribution in [0.5, 0.6) is 5.75 Å². The molecule has 0 radical (unpaired) electrons. The molecule has 0 bridgehead atoms. The summed E-state index contributed by atoms with van der Waals surface area (Å²) in [7, 11) is 0. The lowest BCUT2D eigenvalue weighted by atomic mass is 10.2. The molecule has 1 aromatic carbocycles. The summed E-state index contributed by atoms with van der Waals surface area (Å²) in [5.74, 6) is -0.116. The van der Waals surface area contributed by atoms with Crippen molar-refractivity contribution in [2.45, 2.75) is 26.2 Å². The Morgan fingerprint density at radius 2 is 2.10 bits per heavy atom. The maximum atomic E-state index is 10.8. The first-order valence-electron chi connectivity index (χ1n) is 6.55. The van der Waals surface area contributed by atoms with Gasteiger partial charge in [-0.2, -0.15) is 0 Å². The van der Waals surface area contributed by atoms with Crippen LogP contribution in [0.15, 0.2) is 30.5 Å². The quantitative estimate of drug-likeness (QED) is 0.783. The number of hydrogen-bond donors (Lipinski definition) is 1. The highest BCUT2D eigenvalue weighted by Gasteiger charge is 2.09. The van der Waals surface area contributed by atoms with E-state index < -0.39 is 5.97 Å². The predicted molar refractivity (Wildman–Crippen MR) is 73.1 cm³/mol. The number of rotatable bonds is 7. The largest absolute Gasteiger partial charge is 0.494 e. The van der Waals surface area contributed by atoms with Crippen LogP contribution < -0.4 is 4.74 Å². The van der Waals surface area contributed by atoms with Gasteiger partial charge in [-0.3, -0.25) is 4.79 Å². The maximum absolute atomic E-state index is 10.8. The molecule has 0 saturated carbocycles. The van der Waals surface area contributed by atoms with Gasteiger partial charge in [0.05, 0.1) is 30.6 Å². The average molecular weight is 275 g/mol. The summed E-state index contributed by atoms with van der Waals surface area (Å²) in [6, 6.07) is 7.36. The minimum atomic E-state index is -0.909. The first-order valence-corrected chi connectivity index (χ1v) is 6.55. The molecule has 0 aliphatic carbocycles. The van der Waals surface area contributed by atoms with Crippen LogP contribution in [-0.4, -0.2) is 32.7 Å². The Morgan fingerprint density at radius 1 is 1.35 bits per heavy atom. The molecule has 1 aromatic heterocycles. The zero-order valence-electron chi connectivity index (χ0n) is 11.3. The molecule has 0 aliphatic rings. The molecule has 2 rings (SSSR count). The van der Waals surface area contributed by atoms with Crippen molar-refractivity contribution in [1.29, 1.82) is 0 Å². The van der Waals surface area contributed by atoms with Crippen LogP contribution >= 0.6 is 0 Å². The molecule has 0 aliphatic heterocycles. The van der Waals surface area contributed by atoms with Gasteiger partial charge in [-0.05, 0) is 30.7 Å². The van der Waals surface area contributed by atoms with E-state index in [4.69, 9.17) is 9.84 Å². The van der Waals surface area contributed by atoms with Gasteiger partial charge < -0.3 is 9.84 Å². The second-order valence-electron chi connectivity index (χ2n) is 4.40. The van der Waals surface area contributed by atoms with E-state index >= 15 is 0 Å². The van der Waals surface area contributed by atoms with E-state index in [-0.39, 0.29) is 6.42 Å². The predicted octanol–water partition coefficient (Wildman–Crippen LogP) is 2.07. The highest BCUT2D eigenvalue weighted by molar-refractivity contribution is 5.69. The van der Waals surface area contributed by atoms with Gasteiger partial charge in [-0.25, -0.2) is 4.68 Å². The van der Waals surface area contributed by atoms with E-state index in [0.717, 1.165) is 24.3 Å². The third-order valence-electron chi connectivity index (χ3n) is 2.80. The van der Waals surface area contributed by atoms with E-state index in [1.807, 2.05) is 24.3 Å². The fraction of sp³-hybridized carbons (Fsp3) is 0.357. The van der Waals surface area contributed by atoms with Gasteiger partial charge in [0.25, 0.3) is 0 Å². The maximum Gasteiger partial charge on any atom is 0.309 e. The average Bonchev–Trinajstić information content (AvgIpc) is 2.87. The molecule has 0 fully saturated rings. The molecule has 6 nitrogen and oxygen atoms in total. The van der Waals surface area contributed by atoms with Crippen LogP contribution in [0.2, 0.25) is 0 Å². The van der Waals surface area contributed by atoms with E-state index in [1.54, 1.807) is 0 Å². The summed E-state index contributed by atoms with van der Waals surface area (Å²) < 4.78 is 7.09. The number of carbonyl (C=O) groups is 1. The third-order valence-corrected chi connectivity index (χ3v) is 2.80. The number of nitrogens with zero attached hydrogens (tertiary/aromatic N) is 3. The summed E-state index contributed by atoms with van der Waals surface area (Å²) in [6.07, 6.45) is 3.46. The van der Waals surface area contributed by atoms with Gasteiger partial charge in [0.15, 0.2) is 0 Å². The summed E-state index contributed by atoms with van der Waals surface area (Å²) in [6.45, 7) is 2.81. The Hall–Kier alpha value is -2.37. The van der Waals surface area contributed by atoms with Crippen molar-refractivity contribution in [2.24, 2.45) is 0 Å². The second kappa shape index (κ2) is 6.70. The minimum absolute atomic E-state index is 0.109. The van der Waals surface area contributed by atoms with Gasteiger partial charge in [0.1, 0.15) is 5.75 Å². The Balaban J connectivity index is 2.09. The Labute approximate surface area is 117 Å². The van der Waals surface area contributed by atoms with Crippen molar-refractivity contribution in [2.75, 3.05) is 6.61 Å². The number of unbranched alkanes of at least 4 members (excludes halogenated alkanes) is 1. The lowest BCUT2D eigenvalue weighted by Crippen LogP contribution is -2.08. The van der Waals surface area contributed by atoms with Gasteiger partial charge >= 0.3 is 5.97 Å². The Kier molecular flexibility index (Phi) is 4.70. The SMILES string of the molecule is CCCCOc1ccc(-n2nncc2CC(=O)O)cc1. The number of hydrogen-bond acceptors (Lipinski definition) is 4. The van der Waals surface area contributed by atoms with Crippen molar-refractivity contribution in [3.63, 3.8) is 0 Å². The lowest BCUT2D eigenvalue weighted by molar-refractivity contribution is -0.136. The van der Waals surface area contributed by atoms with Crippen LogP contribution in [0.25, 0.3) is 5.69 Å². The van der Waals surface area contributed by atoms with Crippen molar-refractivity contribution < 1.29 is 14.6 Å². The topological polar surface area (TPSA) is 77.2 Å². The summed E-state index contributed by atoms with van der Waals surface area (Å²) >= 11 is 0. The minimum Gasteiger partial charge on any atom is -0.494 e. The second-order valence-corrected chi connectivity index (χ2v) is 4.40. The number of carboxylic acids is 1. The van der Waals surface area contributed by atoms with Crippen molar-refractivity contribution >= 4 is 5.97 Å². The molecule has 0 amide bonds. The summed E-state index contributed by atoms with van der Waals surface area (Å²) in [5, 5.41) is 16.5. The lowest BCUT2D eigenvalue weighted by Gasteiger charge is -2.07. The molecule has 0 unspecified atom stereocenters. The van der Waals surface area contributed by atoms with E-state index in [1.165, 1.54) is 10.9 Å². The standard InChI is InChI=1S/C14H17N3O3/c1-2-3-8-20-13-6-4-11(5-7-13)17-12(9-14(18)19)10-15-16-17/h4-7,10H,2-3,8-9H2,1H3,(H,18,19). The molecule has 1 N–H and O–H groups in total. The van der Waals surface area contributed by atoms with E-state index in [0.29, 0.717) is 12.3 Å². The van der Waals surface area contributed by atoms with Crippen LogP contribution in [0, 0.1) is 0 Å². The Bertz CT molecular complexity index is 563. The first-order chi connectivity index (χ1) is 9.70. The molecular formula is C14H17N3O3. The molecule has 0 spiro atoms. The van der Waals surface area contributed by atoms with Crippen molar-refractivity contribution in [1.82, 2.24) is 15.0 Å². The van der Waals surface area contributed by atoms with E-state index in [9.17, 15) is 4.79 Å². The smallest absolute Gasteiger partial charge is 0.309 e. The monoisotopic (exact) mass is 275 g/mol. The number of carboxylic acid groups (broad SMARTS) is 1. The van der Waals surface area contributed by atoms with Crippen LogP contribution in [-0.2, 0) is 11.2 Å². The highest BCUT2D eigenvalue weighted by Crippen LogP contribution is 2.16.